The normalized spacial score (nSPS) is 14.8. The number of benzene rings is 1. The summed E-state index contributed by atoms with van der Waals surface area (Å²) in [5, 5.41) is 3.27. The predicted molar refractivity (Wildman–Crippen MR) is 56.7 cm³/mol. The van der Waals surface area contributed by atoms with E-state index in [1.807, 2.05) is 12.1 Å². The molecule has 0 saturated heterocycles. The van der Waals surface area contributed by atoms with Gasteiger partial charge in [0.25, 0.3) is 0 Å². The van der Waals surface area contributed by atoms with Gasteiger partial charge in [-0.25, -0.2) is 0 Å². The molecule has 0 saturated carbocycles. The van der Waals surface area contributed by atoms with E-state index in [9.17, 15) is 0 Å². The van der Waals surface area contributed by atoms with Crippen molar-refractivity contribution in [3.05, 3.63) is 17.7 Å². The molecule has 1 heterocycles. The third-order valence-corrected chi connectivity index (χ3v) is 2.42. The Morgan fingerprint density at radius 2 is 1.93 bits per heavy atom. The summed E-state index contributed by atoms with van der Waals surface area (Å²) in [6.45, 7) is 2.34. The lowest BCUT2D eigenvalue weighted by Gasteiger charge is -2.12. The molecule has 1 aromatic carbocycles. The number of hydrogen-bond acceptors (Lipinski definition) is 4. The topological polar surface area (TPSA) is 39.7 Å². The third-order valence-electron chi connectivity index (χ3n) is 2.42. The molecule has 1 aliphatic rings. The van der Waals surface area contributed by atoms with Crippen LogP contribution in [-0.4, -0.2) is 27.4 Å². The lowest BCUT2D eigenvalue weighted by atomic mass is 10.1. The van der Waals surface area contributed by atoms with Crippen LogP contribution in [0.25, 0.3) is 0 Å². The Bertz CT molecular complexity index is 319. The van der Waals surface area contributed by atoms with Gasteiger partial charge in [0.2, 0.25) is 0 Å². The maximum absolute atomic E-state index is 5.59. The molecule has 0 aromatic heterocycles. The largest absolute Gasteiger partial charge is 0.493 e. The Kier molecular flexibility index (Phi) is 2.97. The van der Waals surface area contributed by atoms with E-state index in [-0.39, 0.29) is 0 Å². The molecule has 0 radical (unpaired) electrons. The Labute approximate surface area is 89.1 Å². The van der Waals surface area contributed by atoms with Crippen LogP contribution >= 0.6 is 0 Å². The van der Waals surface area contributed by atoms with Gasteiger partial charge >= 0.3 is 0 Å². The molecule has 0 fully saturated rings. The monoisotopic (exact) mass is 209 g/mol. The van der Waals surface area contributed by atoms with E-state index in [1.165, 1.54) is 0 Å². The minimum absolute atomic E-state index is 0.683. The van der Waals surface area contributed by atoms with Gasteiger partial charge in [-0.15, -0.1) is 0 Å². The van der Waals surface area contributed by atoms with Crippen LogP contribution < -0.4 is 19.5 Å². The van der Waals surface area contributed by atoms with Crippen molar-refractivity contribution in [3.63, 3.8) is 0 Å². The van der Waals surface area contributed by atoms with Crippen LogP contribution in [-0.2, 0) is 6.54 Å². The van der Waals surface area contributed by atoms with Crippen LogP contribution in [0.4, 0.5) is 0 Å². The number of methoxy groups -OCH3 is 2. The van der Waals surface area contributed by atoms with Crippen molar-refractivity contribution in [2.75, 3.05) is 27.4 Å². The van der Waals surface area contributed by atoms with Crippen molar-refractivity contribution in [1.82, 2.24) is 5.32 Å². The van der Waals surface area contributed by atoms with Crippen LogP contribution in [0.5, 0.6) is 17.2 Å². The second-order valence-electron chi connectivity index (χ2n) is 3.34. The smallest absolute Gasteiger partial charge is 0.164 e. The van der Waals surface area contributed by atoms with Gasteiger partial charge in [0.15, 0.2) is 11.5 Å². The number of nitrogens with one attached hydrogen (secondary N) is 1. The first-order chi connectivity index (χ1) is 7.35. The summed E-state index contributed by atoms with van der Waals surface area (Å²) in [6, 6.07) is 3.83. The summed E-state index contributed by atoms with van der Waals surface area (Å²) in [4.78, 5) is 0. The zero-order valence-corrected chi connectivity index (χ0v) is 9.00. The fourth-order valence-electron chi connectivity index (χ4n) is 1.63. The van der Waals surface area contributed by atoms with Crippen molar-refractivity contribution in [1.29, 1.82) is 0 Å². The number of hydrogen-bond donors (Lipinski definition) is 1. The molecule has 4 nitrogen and oxygen atoms in total. The van der Waals surface area contributed by atoms with Gasteiger partial charge in [-0.1, -0.05) is 0 Å². The molecule has 1 aliphatic heterocycles. The molecule has 0 spiro atoms. The fraction of sp³-hybridized carbons (Fsp3) is 0.455. The Balaban J connectivity index is 2.41. The second-order valence-corrected chi connectivity index (χ2v) is 3.34. The van der Waals surface area contributed by atoms with E-state index in [2.05, 4.69) is 5.32 Å². The van der Waals surface area contributed by atoms with E-state index in [4.69, 9.17) is 14.2 Å². The van der Waals surface area contributed by atoms with Crippen LogP contribution in [0.3, 0.4) is 0 Å². The Morgan fingerprint density at radius 1 is 1.20 bits per heavy atom. The molecule has 2 rings (SSSR count). The van der Waals surface area contributed by atoms with E-state index in [1.54, 1.807) is 14.2 Å². The lowest BCUT2D eigenvalue weighted by Crippen LogP contribution is -2.16. The van der Waals surface area contributed by atoms with Crippen LogP contribution in [0.15, 0.2) is 12.1 Å². The predicted octanol–water partition coefficient (Wildman–Crippen LogP) is 1.19. The van der Waals surface area contributed by atoms with Gasteiger partial charge in [0.05, 0.1) is 14.2 Å². The third kappa shape index (κ3) is 1.99. The standard InChI is InChI=1S/C11H15NO3/c1-13-10-5-8-7-12-3-4-15-9(8)6-11(10)14-2/h5-6,12H,3-4,7H2,1-2H3. The van der Waals surface area contributed by atoms with Gasteiger partial charge in [-0.3, -0.25) is 0 Å². The average molecular weight is 209 g/mol. The van der Waals surface area contributed by atoms with Crippen molar-refractivity contribution in [2.24, 2.45) is 0 Å². The first-order valence-electron chi connectivity index (χ1n) is 4.93. The minimum atomic E-state index is 0.683. The molecule has 1 N–H and O–H groups in total. The molecule has 0 amide bonds. The fourth-order valence-corrected chi connectivity index (χ4v) is 1.63. The van der Waals surface area contributed by atoms with Crippen molar-refractivity contribution < 1.29 is 14.2 Å². The van der Waals surface area contributed by atoms with E-state index in [0.717, 1.165) is 30.2 Å². The molecule has 15 heavy (non-hydrogen) atoms. The molecule has 0 bridgehead atoms. The van der Waals surface area contributed by atoms with Gasteiger partial charge in [0.1, 0.15) is 12.4 Å². The van der Waals surface area contributed by atoms with E-state index in [0.29, 0.717) is 12.4 Å². The SMILES string of the molecule is COc1cc2c(cc1OC)OCCNC2. The van der Waals surface area contributed by atoms with Crippen molar-refractivity contribution in [3.8, 4) is 17.2 Å². The summed E-state index contributed by atoms with van der Waals surface area (Å²) in [6.07, 6.45) is 0. The first-order valence-corrected chi connectivity index (χ1v) is 4.93. The molecule has 0 atom stereocenters. The minimum Gasteiger partial charge on any atom is -0.493 e. The van der Waals surface area contributed by atoms with Gasteiger partial charge in [-0.2, -0.15) is 0 Å². The van der Waals surface area contributed by atoms with Gasteiger partial charge < -0.3 is 19.5 Å². The summed E-state index contributed by atoms with van der Waals surface area (Å²) in [7, 11) is 3.26. The van der Waals surface area contributed by atoms with Crippen molar-refractivity contribution >= 4 is 0 Å². The van der Waals surface area contributed by atoms with Crippen molar-refractivity contribution in [2.45, 2.75) is 6.54 Å². The molecule has 82 valence electrons. The van der Waals surface area contributed by atoms with Gasteiger partial charge in [0, 0.05) is 24.7 Å². The zero-order chi connectivity index (χ0) is 10.7. The molecule has 4 heteroatoms. The summed E-state index contributed by atoms with van der Waals surface area (Å²) in [5.41, 5.74) is 1.10. The highest BCUT2D eigenvalue weighted by Crippen LogP contribution is 2.35. The second kappa shape index (κ2) is 4.40. The molecule has 0 unspecified atom stereocenters. The quantitative estimate of drug-likeness (QED) is 0.794. The summed E-state index contributed by atoms with van der Waals surface area (Å²) < 4.78 is 16.0. The first kappa shape index (κ1) is 10.1. The Morgan fingerprint density at radius 3 is 2.67 bits per heavy atom. The van der Waals surface area contributed by atoms with Crippen LogP contribution in [0.2, 0.25) is 0 Å². The molecule has 0 aliphatic carbocycles. The van der Waals surface area contributed by atoms with E-state index < -0.39 is 0 Å². The summed E-state index contributed by atoms with van der Waals surface area (Å²) >= 11 is 0. The molecule has 1 aromatic rings. The van der Waals surface area contributed by atoms with Crippen LogP contribution in [0.1, 0.15) is 5.56 Å². The maximum Gasteiger partial charge on any atom is 0.164 e. The highest BCUT2D eigenvalue weighted by atomic mass is 16.5. The lowest BCUT2D eigenvalue weighted by molar-refractivity contribution is 0.318. The average Bonchev–Trinajstić information content (AvgIpc) is 2.51. The van der Waals surface area contributed by atoms with Gasteiger partial charge in [-0.05, 0) is 6.07 Å². The number of fused-ring (bicyclic) bond motifs is 1. The highest BCUT2D eigenvalue weighted by Gasteiger charge is 2.13. The number of rotatable bonds is 2. The number of ether oxygens (including phenoxy) is 3. The zero-order valence-electron chi connectivity index (χ0n) is 9.00. The maximum atomic E-state index is 5.59. The highest BCUT2D eigenvalue weighted by molar-refractivity contribution is 5.50. The molecular weight excluding hydrogens is 194 g/mol. The Hall–Kier alpha value is -1.42. The van der Waals surface area contributed by atoms with E-state index >= 15 is 0 Å². The van der Waals surface area contributed by atoms with Crippen LogP contribution in [0, 0.1) is 0 Å². The summed E-state index contributed by atoms with van der Waals surface area (Å²) in [5.74, 6) is 2.32. The molecular formula is C11H15NO3.